The van der Waals surface area contributed by atoms with Crippen LogP contribution in [-0.2, 0) is 15.8 Å². The Hall–Kier alpha value is -2.42. The number of aryl methyl sites for hydroxylation is 2. The Kier molecular flexibility index (Phi) is 8.88. The van der Waals surface area contributed by atoms with E-state index >= 15 is 0 Å². The van der Waals surface area contributed by atoms with E-state index in [2.05, 4.69) is 17.3 Å². The number of ether oxygens (including phenoxy) is 2. The van der Waals surface area contributed by atoms with E-state index in [1.807, 2.05) is 50.2 Å². The molecule has 1 N–H and O–H groups in total. The number of methoxy groups -OCH3 is 1. The molecule has 1 amide bonds. The van der Waals surface area contributed by atoms with Gasteiger partial charge in [-0.15, -0.1) is 0 Å². The molecule has 7 nitrogen and oxygen atoms in total. The van der Waals surface area contributed by atoms with Crippen LogP contribution in [0.4, 0.5) is 5.69 Å². The van der Waals surface area contributed by atoms with Crippen molar-refractivity contribution in [2.75, 3.05) is 46.2 Å². The topological polar surface area (TPSA) is 71.1 Å². The zero-order valence-corrected chi connectivity index (χ0v) is 21.0. The lowest BCUT2D eigenvalue weighted by Crippen LogP contribution is -2.35. The fourth-order valence-corrected chi connectivity index (χ4v) is 5.17. The Balaban J connectivity index is 1.48. The van der Waals surface area contributed by atoms with Gasteiger partial charge in [-0.1, -0.05) is 0 Å². The third-order valence-corrected chi connectivity index (χ3v) is 7.63. The number of benzene rings is 2. The van der Waals surface area contributed by atoms with Gasteiger partial charge in [0.15, 0.2) is 0 Å². The highest BCUT2D eigenvalue weighted by atomic mass is 32.2. The number of carbonyl (C=O) groups is 1. The van der Waals surface area contributed by atoms with Gasteiger partial charge in [0, 0.05) is 38.8 Å². The third kappa shape index (κ3) is 7.03. The Bertz CT molecular complexity index is 949. The minimum absolute atomic E-state index is 0.119. The van der Waals surface area contributed by atoms with Crippen LogP contribution in [0.1, 0.15) is 30.4 Å². The van der Waals surface area contributed by atoms with Crippen LogP contribution < -0.4 is 14.8 Å². The highest BCUT2D eigenvalue weighted by molar-refractivity contribution is 7.82. The number of hydrogen-bond acceptors (Lipinski definition) is 5. The molecule has 0 aromatic heterocycles. The molecule has 8 heteroatoms. The zero-order chi connectivity index (χ0) is 24.0. The average molecular weight is 474 g/mol. The van der Waals surface area contributed by atoms with Gasteiger partial charge in [-0.25, -0.2) is 8.51 Å². The number of nitrogens with one attached hydrogen (secondary N) is 1. The van der Waals surface area contributed by atoms with Crippen molar-refractivity contribution in [2.45, 2.75) is 44.1 Å². The molecular formula is C25H35N3O4S. The largest absolute Gasteiger partial charge is 0.497 e. The van der Waals surface area contributed by atoms with E-state index in [1.54, 1.807) is 18.5 Å². The second-order valence-electron chi connectivity index (χ2n) is 8.63. The van der Waals surface area contributed by atoms with Crippen molar-refractivity contribution in [3.8, 4) is 11.5 Å². The Morgan fingerprint density at radius 1 is 1.12 bits per heavy atom. The molecule has 2 aromatic rings. The summed E-state index contributed by atoms with van der Waals surface area (Å²) in [5, 5.41) is 2.91. The molecule has 1 unspecified atom stereocenters. The average Bonchev–Trinajstić information content (AvgIpc) is 2.79. The number of anilines is 1. The van der Waals surface area contributed by atoms with Gasteiger partial charge in [-0.2, -0.15) is 0 Å². The molecule has 0 saturated carbocycles. The molecule has 180 valence electrons. The minimum Gasteiger partial charge on any atom is -0.497 e. The van der Waals surface area contributed by atoms with Crippen LogP contribution in [0.5, 0.6) is 11.5 Å². The van der Waals surface area contributed by atoms with Crippen molar-refractivity contribution in [1.29, 1.82) is 0 Å². The normalized spacial score (nSPS) is 15.9. The van der Waals surface area contributed by atoms with Gasteiger partial charge < -0.3 is 19.7 Å². The highest BCUT2D eigenvalue weighted by Gasteiger charge is 2.19. The molecule has 0 spiro atoms. The number of amides is 1. The Labute approximate surface area is 199 Å². The molecule has 3 rings (SSSR count). The van der Waals surface area contributed by atoms with Gasteiger partial charge >= 0.3 is 0 Å². The van der Waals surface area contributed by atoms with Gasteiger partial charge in [0.05, 0.1) is 12.0 Å². The first kappa shape index (κ1) is 25.2. The van der Waals surface area contributed by atoms with Crippen molar-refractivity contribution in [1.82, 2.24) is 9.21 Å². The van der Waals surface area contributed by atoms with Crippen LogP contribution in [0.2, 0.25) is 0 Å². The molecule has 1 heterocycles. The molecule has 0 radical (unpaired) electrons. The standard InChI is InChI=1S/C25H35N3O4S/c1-18-16-23(31-5)17-19(2)25(18)33(30)28(4)15-12-24(29)26-20-6-8-21(9-7-20)32-22-10-13-27(3)14-11-22/h6-9,16-17,22H,10-15H2,1-5H3,(H,26,29). The van der Waals surface area contributed by atoms with Crippen LogP contribution in [0.15, 0.2) is 41.3 Å². The SMILES string of the molecule is COc1cc(C)c(S(=O)N(C)CCC(=O)Nc2ccc(OC3CCN(C)CC3)cc2)c(C)c1. The maximum atomic E-state index is 13.0. The first-order valence-corrected chi connectivity index (χ1v) is 12.4. The van der Waals surface area contributed by atoms with Crippen molar-refractivity contribution < 1.29 is 18.5 Å². The van der Waals surface area contributed by atoms with Gasteiger partial charge in [-0.3, -0.25) is 4.79 Å². The monoisotopic (exact) mass is 473 g/mol. The number of rotatable bonds is 9. The van der Waals surface area contributed by atoms with Gasteiger partial charge in [0.25, 0.3) is 0 Å². The van der Waals surface area contributed by atoms with Crippen molar-refractivity contribution in [2.24, 2.45) is 0 Å². The second-order valence-corrected chi connectivity index (χ2v) is 10.2. The summed E-state index contributed by atoms with van der Waals surface area (Å²) in [4.78, 5) is 15.5. The van der Waals surface area contributed by atoms with Gasteiger partial charge in [0.2, 0.25) is 5.91 Å². The molecule has 0 aliphatic carbocycles. The number of piperidine rings is 1. The number of nitrogens with zero attached hydrogens (tertiary/aromatic N) is 2. The van der Waals surface area contributed by atoms with Crippen LogP contribution in [0, 0.1) is 13.8 Å². The molecule has 1 atom stereocenters. The number of likely N-dealkylation sites (tertiary alicyclic amines) is 1. The van der Waals surface area contributed by atoms with Crippen molar-refractivity contribution in [3.63, 3.8) is 0 Å². The maximum Gasteiger partial charge on any atom is 0.225 e. The maximum absolute atomic E-state index is 13.0. The van der Waals surface area contributed by atoms with E-state index < -0.39 is 11.0 Å². The minimum atomic E-state index is -1.36. The molecule has 1 aliphatic rings. The molecule has 0 bridgehead atoms. The summed E-state index contributed by atoms with van der Waals surface area (Å²) < 4.78 is 26.1. The van der Waals surface area contributed by atoms with Crippen LogP contribution in [-0.4, -0.2) is 66.3 Å². The lowest BCUT2D eigenvalue weighted by molar-refractivity contribution is -0.116. The summed E-state index contributed by atoms with van der Waals surface area (Å²) in [7, 11) is 4.16. The van der Waals surface area contributed by atoms with Crippen molar-refractivity contribution >= 4 is 22.6 Å². The fraction of sp³-hybridized carbons (Fsp3) is 0.480. The predicted molar refractivity (Wildman–Crippen MR) is 132 cm³/mol. The summed E-state index contributed by atoms with van der Waals surface area (Å²) in [6.45, 7) is 6.32. The van der Waals surface area contributed by atoms with Crippen molar-refractivity contribution in [3.05, 3.63) is 47.5 Å². The summed E-state index contributed by atoms with van der Waals surface area (Å²) in [5.74, 6) is 1.45. The Morgan fingerprint density at radius 2 is 1.73 bits per heavy atom. The van der Waals surface area contributed by atoms with E-state index in [0.717, 1.165) is 59.1 Å². The molecule has 1 fully saturated rings. The first-order valence-electron chi connectivity index (χ1n) is 11.3. The summed E-state index contributed by atoms with van der Waals surface area (Å²) in [6, 6.07) is 11.2. The first-order chi connectivity index (χ1) is 15.8. The Morgan fingerprint density at radius 3 is 2.30 bits per heavy atom. The summed E-state index contributed by atoms with van der Waals surface area (Å²) in [5.41, 5.74) is 2.54. The fourth-order valence-electron chi connectivity index (χ4n) is 3.94. The summed E-state index contributed by atoms with van der Waals surface area (Å²) >= 11 is 0. The molecule has 33 heavy (non-hydrogen) atoms. The molecular weight excluding hydrogens is 438 g/mol. The van der Waals surface area contributed by atoms with Gasteiger partial charge in [-0.05, 0) is 81.3 Å². The van der Waals surface area contributed by atoms with Crippen LogP contribution in [0.25, 0.3) is 0 Å². The quantitative estimate of drug-likeness (QED) is 0.600. The molecule has 1 saturated heterocycles. The van der Waals surface area contributed by atoms with Crippen LogP contribution in [0.3, 0.4) is 0 Å². The van der Waals surface area contributed by atoms with E-state index in [0.29, 0.717) is 6.54 Å². The van der Waals surface area contributed by atoms with Gasteiger partial charge in [0.1, 0.15) is 28.6 Å². The second kappa shape index (κ2) is 11.6. The van der Waals surface area contributed by atoms with E-state index in [-0.39, 0.29) is 18.4 Å². The summed E-state index contributed by atoms with van der Waals surface area (Å²) in [6.07, 6.45) is 2.54. The number of hydrogen-bond donors (Lipinski definition) is 1. The smallest absolute Gasteiger partial charge is 0.225 e. The van der Waals surface area contributed by atoms with E-state index in [9.17, 15) is 9.00 Å². The van der Waals surface area contributed by atoms with Crippen LogP contribution >= 0.6 is 0 Å². The molecule has 2 aromatic carbocycles. The predicted octanol–water partition coefficient (Wildman–Crippen LogP) is 3.77. The number of carbonyl (C=O) groups excluding carboxylic acids is 1. The zero-order valence-electron chi connectivity index (χ0n) is 20.2. The van der Waals surface area contributed by atoms with E-state index in [1.165, 1.54) is 0 Å². The lowest BCUT2D eigenvalue weighted by atomic mass is 10.1. The third-order valence-electron chi connectivity index (χ3n) is 5.89. The lowest BCUT2D eigenvalue weighted by Gasteiger charge is -2.29. The van der Waals surface area contributed by atoms with E-state index in [4.69, 9.17) is 9.47 Å². The highest BCUT2D eigenvalue weighted by Crippen LogP contribution is 2.26. The molecule has 1 aliphatic heterocycles.